The first-order valence-electron chi connectivity index (χ1n) is 3.81. The lowest BCUT2D eigenvalue weighted by Crippen LogP contribution is -2.51. The first-order valence-corrected chi connectivity index (χ1v) is 3.81. The summed E-state index contributed by atoms with van der Waals surface area (Å²) in [6.45, 7) is 1.11. The quantitative estimate of drug-likeness (QED) is 0.500. The highest BCUT2D eigenvalue weighted by atomic mass is 15.0. The van der Waals surface area contributed by atoms with Crippen LogP contribution in [0.2, 0.25) is 0 Å². The summed E-state index contributed by atoms with van der Waals surface area (Å²) in [6, 6.07) is 0.947. The third-order valence-electron chi connectivity index (χ3n) is 2.66. The van der Waals surface area contributed by atoms with Gasteiger partial charge in [-0.05, 0) is 31.7 Å². The smallest absolute Gasteiger partial charge is 0.0268 e. The topological polar surface area (TPSA) is 35.8 Å². The molecular weight excluding hydrogens is 112 g/mol. The average Bonchev–Trinajstić information content (AvgIpc) is 1.90. The Morgan fingerprint density at radius 1 is 1.33 bits per heavy atom. The zero-order valence-corrected chi connectivity index (χ0v) is 5.56. The van der Waals surface area contributed by atoms with Gasteiger partial charge >= 0.3 is 0 Å². The van der Waals surface area contributed by atoms with Crippen molar-refractivity contribution < 1.29 is 0 Å². The number of nitrogens with one attached hydrogen (secondary N) is 2. The van der Waals surface area contributed by atoms with E-state index in [1.807, 2.05) is 0 Å². The standard InChI is InChI=1S/C7H13N2/c8-7-3-6-2-1-5(7)4-9-6/h5-9H,1-4H2. The molecule has 3 aliphatic rings. The van der Waals surface area contributed by atoms with Gasteiger partial charge in [-0.25, -0.2) is 0 Å². The van der Waals surface area contributed by atoms with Crippen molar-refractivity contribution in [2.24, 2.45) is 5.92 Å². The van der Waals surface area contributed by atoms with E-state index in [0.29, 0.717) is 12.0 Å². The molecule has 0 amide bonds. The van der Waals surface area contributed by atoms with Gasteiger partial charge < -0.3 is 5.32 Å². The fourth-order valence-electron chi connectivity index (χ4n) is 1.98. The van der Waals surface area contributed by atoms with Gasteiger partial charge in [-0.3, -0.25) is 5.73 Å². The van der Waals surface area contributed by atoms with Gasteiger partial charge in [0.1, 0.15) is 0 Å². The van der Waals surface area contributed by atoms with Crippen molar-refractivity contribution in [1.29, 1.82) is 0 Å². The first kappa shape index (κ1) is 5.69. The van der Waals surface area contributed by atoms with Crippen LogP contribution < -0.4 is 11.1 Å². The molecule has 3 rings (SSSR count). The number of rotatable bonds is 0. The maximum Gasteiger partial charge on any atom is 0.0268 e. The summed E-state index contributed by atoms with van der Waals surface area (Å²) in [5.74, 6) is 0.676. The van der Waals surface area contributed by atoms with Gasteiger partial charge in [0.2, 0.25) is 0 Å². The van der Waals surface area contributed by atoms with E-state index in [2.05, 4.69) is 5.32 Å². The molecule has 2 N–H and O–H groups in total. The summed E-state index contributed by atoms with van der Waals surface area (Å²) in [4.78, 5) is 0. The molecule has 3 fully saturated rings. The summed E-state index contributed by atoms with van der Waals surface area (Å²) in [7, 11) is 0. The van der Waals surface area contributed by atoms with Crippen LogP contribution >= 0.6 is 0 Å². The fraction of sp³-hybridized carbons (Fsp3) is 1.00. The SMILES string of the molecule is [NH]C1CC2CCC1CN2. The summed E-state index contributed by atoms with van der Waals surface area (Å²) >= 11 is 0. The molecule has 0 aromatic carbocycles. The monoisotopic (exact) mass is 125 g/mol. The van der Waals surface area contributed by atoms with Crippen LogP contribution in [-0.4, -0.2) is 18.6 Å². The highest BCUT2D eigenvalue weighted by Crippen LogP contribution is 2.28. The fourth-order valence-corrected chi connectivity index (χ4v) is 1.98. The van der Waals surface area contributed by atoms with Crippen molar-refractivity contribution in [2.75, 3.05) is 6.54 Å². The minimum absolute atomic E-state index is 0.255. The molecule has 51 valence electrons. The molecule has 2 heterocycles. The molecule has 2 heteroatoms. The summed E-state index contributed by atoms with van der Waals surface area (Å²) in [5.41, 5.74) is 7.62. The van der Waals surface area contributed by atoms with Gasteiger partial charge in [0.15, 0.2) is 0 Å². The Hall–Kier alpha value is -0.0800. The van der Waals surface area contributed by atoms with Gasteiger partial charge in [-0.1, -0.05) is 0 Å². The molecule has 9 heavy (non-hydrogen) atoms. The minimum Gasteiger partial charge on any atom is -0.314 e. The number of piperidine rings is 2. The van der Waals surface area contributed by atoms with Gasteiger partial charge in [-0.15, -0.1) is 0 Å². The van der Waals surface area contributed by atoms with Crippen LogP contribution in [0.5, 0.6) is 0 Å². The zero-order chi connectivity index (χ0) is 6.27. The van der Waals surface area contributed by atoms with Gasteiger partial charge in [0.05, 0.1) is 0 Å². The summed E-state index contributed by atoms with van der Waals surface area (Å²) in [5, 5.41) is 3.43. The van der Waals surface area contributed by atoms with Crippen molar-refractivity contribution in [3.63, 3.8) is 0 Å². The van der Waals surface area contributed by atoms with Crippen LogP contribution in [-0.2, 0) is 0 Å². The van der Waals surface area contributed by atoms with E-state index in [1.54, 1.807) is 0 Å². The van der Waals surface area contributed by atoms with Crippen LogP contribution in [0.4, 0.5) is 0 Å². The van der Waals surface area contributed by atoms with E-state index >= 15 is 0 Å². The third-order valence-corrected chi connectivity index (χ3v) is 2.66. The Bertz CT molecular complexity index is 105. The first-order chi connectivity index (χ1) is 4.36. The maximum absolute atomic E-state index is 7.62. The van der Waals surface area contributed by atoms with E-state index in [1.165, 1.54) is 12.8 Å². The van der Waals surface area contributed by atoms with Crippen molar-refractivity contribution in [2.45, 2.75) is 31.3 Å². The molecular formula is C7H13N2. The highest BCUT2D eigenvalue weighted by Gasteiger charge is 2.33. The summed E-state index contributed by atoms with van der Waals surface area (Å²) in [6.07, 6.45) is 3.72. The Balaban J connectivity index is 2.06. The lowest BCUT2D eigenvalue weighted by atomic mass is 9.78. The predicted molar refractivity (Wildman–Crippen MR) is 36.0 cm³/mol. The van der Waals surface area contributed by atoms with Crippen LogP contribution in [0.25, 0.3) is 0 Å². The molecule has 1 saturated carbocycles. The molecule has 0 aromatic rings. The second kappa shape index (κ2) is 1.96. The molecule has 2 bridgehead atoms. The van der Waals surface area contributed by atoms with Crippen LogP contribution in [0.3, 0.4) is 0 Å². The van der Waals surface area contributed by atoms with Crippen LogP contribution in [0.1, 0.15) is 19.3 Å². The maximum atomic E-state index is 7.62. The Kier molecular flexibility index (Phi) is 1.24. The second-order valence-corrected chi connectivity index (χ2v) is 3.28. The van der Waals surface area contributed by atoms with Gasteiger partial charge in [0.25, 0.3) is 0 Å². The largest absolute Gasteiger partial charge is 0.314 e. The van der Waals surface area contributed by atoms with E-state index in [9.17, 15) is 0 Å². The summed E-state index contributed by atoms with van der Waals surface area (Å²) < 4.78 is 0. The molecule has 0 spiro atoms. The van der Waals surface area contributed by atoms with Crippen LogP contribution in [0, 0.1) is 5.92 Å². The molecule has 3 atom stereocenters. The molecule has 0 aromatic heterocycles. The zero-order valence-electron chi connectivity index (χ0n) is 5.56. The molecule has 1 radical (unpaired) electrons. The Labute approximate surface area is 55.8 Å². The van der Waals surface area contributed by atoms with Crippen molar-refractivity contribution in [1.82, 2.24) is 11.1 Å². The number of fused-ring (bicyclic) bond motifs is 3. The van der Waals surface area contributed by atoms with Crippen molar-refractivity contribution in [3.8, 4) is 0 Å². The average molecular weight is 125 g/mol. The Morgan fingerprint density at radius 2 is 2.22 bits per heavy atom. The number of hydrogen-bond donors (Lipinski definition) is 1. The predicted octanol–water partition coefficient (Wildman–Crippen LogP) is 0.410. The molecule has 3 unspecified atom stereocenters. The van der Waals surface area contributed by atoms with E-state index in [0.717, 1.165) is 13.0 Å². The highest BCUT2D eigenvalue weighted by molar-refractivity contribution is 4.92. The third kappa shape index (κ3) is 0.864. The molecule has 1 aliphatic carbocycles. The minimum atomic E-state index is 0.255. The van der Waals surface area contributed by atoms with E-state index in [4.69, 9.17) is 5.73 Å². The lowest BCUT2D eigenvalue weighted by molar-refractivity contribution is 0.178. The molecule has 2 saturated heterocycles. The molecule has 2 aliphatic heterocycles. The molecule has 2 nitrogen and oxygen atoms in total. The van der Waals surface area contributed by atoms with Gasteiger partial charge in [0, 0.05) is 12.1 Å². The van der Waals surface area contributed by atoms with Crippen molar-refractivity contribution >= 4 is 0 Å². The normalized spacial score (nSPS) is 49.7. The van der Waals surface area contributed by atoms with E-state index < -0.39 is 0 Å². The Morgan fingerprint density at radius 3 is 2.44 bits per heavy atom. The van der Waals surface area contributed by atoms with Crippen molar-refractivity contribution in [3.05, 3.63) is 0 Å². The van der Waals surface area contributed by atoms with Crippen LogP contribution in [0.15, 0.2) is 0 Å². The second-order valence-electron chi connectivity index (χ2n) is 3.28. The lowest BCUT2D eigenvalue weighted by Gasteiger charge is -2.40. The number of hydrogen-bond acceptors (Lipinski definition) is 1. The van der Waals surface area contributed by atoms with E-state index in [-0.39, 0.29) is 6.04 Å². The van der Waals surface area contributed by atoms with Gasteiger partial charge in [-0.2, -0.15) is 0 Å².